The smallest absolute Gasteiger partial charge is 0.00114 e. The van der Waals surface area contributed by atoms with Crippen molar-refractivity contribution in [2.24, 2.45) is 11.8 Å². The molecule has 68 valence electrons. The van der Waals surface area contributed by atoms with Crippen molar-refractivity contribution in [1.82, 2.24) is 5.32 Å². The highest BCUT2D eigenvalue weighted by atomic mass is 14.9. The van der Waals surface area contributed by atoms with Crippen molar-refractivity contribution >= 4 is 0 Å². The largest absolute Gasteiger partial charge is 0.316 e. The maximum Gasteiger partial charge on any atom is -0.00114 e. The minimum absolute atomic E-state index is 0.848. The second-order valence-corrected chi connectivity index (χ2v) is 4.34. The number of hydrogen-bond acceptors (Lipinski definition) is 1. The summed E-state index contributed by atoms with van der Waals surface area (Å²) in [6, 6.07) is 11.0. The third kappa shape index (κ3) is 1.11. The number of rotatable bonds is 1. The van der Waals surface area contributed by atoms with Crippen LogP contribution >= 0.6 is 0 Å². The number of fused-ring (bicyclic) bond motifs is 1. The fraction of sp³-hybridized carbons (Fsp3) is 0.500. The molecule has 13 heavy (non-hydrogen) atoms. The molecule has 1 aromatic rings. The molecule has 1 nitrogen and oxygen atoms in total. The Morgan fingerprint density at radius 1 is 1.08 bits per heavy atom. The van der Waals surface area contributed by atoms with Gasteiger partial charge in [-0.25, -0.2) is 0 Å². The standard InChI is InChI=1S/C12H15N/c1-2-4-9(5-3-1)11-6-10-7-13-8-12(10)11/h1-5,10-13H,6-8H2. The predicted octanol–water partition coefficient (Wildman–Crippen LogP) is 2.01. The van der Waals surface area contributed by atoms with E-state index in [9.17, 15) is 0 Å². The Morgan fingerprint density at radius 3 is 2.69 bits per heavy atom. The predicted molar refractivity (Wildman–Crippen MR) is 53.6 cm³/mol. The SMILES string of the molecule is c1ccc(C2CC3CNCC32)cc1. The summed E-state index contributed by atoms with van der Waals surface area (Å²) in [6.07, 6.45) is 1.40. The van der Waals surface area contributed by atoms with Crippen molar-refractivity contribution < 1.29 is 0 Å². The van der Waals surface area contributed by atoms with Crippen molar-refractivity contribution in [3.05, 3.63) is 35.9 Å². The van der Waals surface area contributed by atoms with Gasteiger partial charge in [0.05, 0.1) is 0 Å². The Hall–Kier alpha value is -0.820. The average Bonchev–Trinajstić information content (AvgIpc) is 2.50. The third-order valence-electron chi connectivity index (χ3n) is 3.69. The summed E-state index contributed by atoms with van der Waals surface area (Å²) in [6.45, 7) is 2.50. The Balaban J connectivity index is 1.81. The van der Waals surface area contributed by atoms with Crippen molar-refractivity contribution in [3.63, 3.8) is 0 Å². The van der Waals surface area contributed by atoms with Crippen molar-refractivity contribution in [2.45, 2.75) is 12.3 Å². The molecule has 1 saturated carbocycles. The van der Waals surface area contributed by atoms with E-state index in [0.717, 1.165) is 17.8 Å². The molecule has 2 aliphatic rings. The maximum absolute atomic E-state index is 3.48. The first-order chi connectivity index (χ1) is 6.45. The summed E-state index contributed by atoms with van der Waals surface area (Å²) in [5.74, 6) is 2.76. The second kappa shape index (κ2) is 2.85. The Labute approximate surface area is 79.2 Å². The Morgan fingerprint density at radius 2 is 1.92 bits per heavy atom. The van der Waals surface area contributed by atoms with Crippen LogP contribution in [0, 0.1) is 11.8 Å². The normalized spacial score (nSPS) is 36.8. The molecule has 1 heteroatoms. The zero-order valence-electron chi connectivity index (χ0n) is 7.74. The van der Waals surface area contributed by atoms with Gasteiger partial charge >= 0.3 is 0 Å². The van der Waals surface area contributed by atoms with Gasteiger partial charge in [-0.2, -0.15) is 0 Å². The highest BCUT2D eigenvalue weighted by Crippen LogP contribution is 2.48. The fourth-order valence-electron chi connectivity index (χ4n) is 2.87. The summed E-state index contributed by atoms with van der Waals surface area (Å²) in [5, 5.41) is 3.48. The molecule has 1 N–H and O–H groups in total. The van der Waals surface area contributed by atoms with Gasteiger partial charge in [-0.05, 0) is 42.8 Å². The van der Waals surface area contributed by atoms with Gasteiger partial charge in [0.1, 0.15) is 0 Å². The fourth-order valence-corrected chi connectivity index (χ4v) is 2.87. The maximum atomic E-state index is 3.48. The van der Waals surface area contributed by atoms with E-state index in [4.69, 9.17) is 0 Å². The first-order valence-electron chi connectivity index (χ1n) is 5.21. The van der Waals surface area contributed by atoms with E-state index in [1.165, 1.54) is 19.5 Å². The van der Waals surface area contributed by atoms with Gasteiger partial charge in [0, 0.05) is 0 Å². The molecule has 3 unspecified atom stereocenters. The molecule has 0 amide bonds. The summed E-state index contributed by atoms with van der Waals surface area (Å²) in [5.41, 5.74) is 1.55. The van der Waals surface area contributed by atoms with Crippen LogP contribution < -0.4 is 5.32 Å². The zero-order valence-corrected chi connectivity index (χ0v) is 7.74. The molecule has 0 aromatic heterocycles. The Kier molecular flexibility index (Phi) is 1.66. The van der Waals surface area contributed by atoms with Gasteiger partial charge in [0.15, 0.2) is 0 Å². The zero-order chi connectivity index (χ0) is 8.67. The van der Waals surface area contributed by atoms with Crippen LogP contribution in [0.15, 0.2) is 30.3 Å². The van der Waals surface area contributed by atoms with E-state index < -0.39 is 0 Å². The summed E-state index contributed by atoms with van der Waals surface area (Å²) >= 11 is 0. The summed E-state index contributed by atoms with van der Waals surface area (Å²) < 4.78 is 0. The molecule has 1 aliphatic heterocycles. The average molecular weight is 173 g/mol. The molecular formula is C12H15N. The minimum atomic E-state index is 0.848. The lowest BCUT2D eigenvalue weighted by Crippen LogP contribution is -2.33. The van der Waals surface area contributed by atoms with Crippen LogP contribution in [-0.4, -0.2) is 13.1 Å². The lowest BCUT2D eigenvalue weighted by molar-refractivity contribution is 0.191. The van der Waals surface area contributed by atoms with Crippen molar-refractivity contribution in [2.75, 3.05) is 13.1 Å². The van der Waals surface area contributed by atoms with Gasteiger partial charge in [-0.1, -0.05) is 30.3 Å². The van der Waals surface area contributed by atoms with Gasteiger partial charge in [0.25, 0.3) is 0 Å². The van der Waals surface area contributed by atoms with Crippen LogP contribution in [0.4, 0.5) is 0 Å². The summed E-state index contributed by atoms with van der Waals surface area (Å²) in [4.78, 5) is 0. The number of nitrogens with one attached hydrogen (secondary N) is 1. The third-order valence-corrected chi connectivity index (χ3v) is 3.69. The van der Waals surface area contributed by atoms with Crippen LogP contribution in [0.5, 0.6) is 0 Å². The van der Waals surface area contributed by atoms with Gasteiger partial charge < -0.3 is 5.32 Å². The molecule has 3 rings (SSSR count). The van der Waals surface area contributed by atoms with Crippen molar-refractivity contribution in [1.29, 1.82) is 0 Å². The monoisotopic (exact) mass is 173 g/mol. The van der Waals surface area contributed by atoms with Crippen LogP contribution in [0.1, 0.15) is 17.9 Å². The van der Waals surface area contributed by atoms with E-state index in [-0.39, 0.29) is 0 Å². The first kappa shape index (κ1) is 7.57. The lowest BCUT2D eigenvalue weighted by atomic mass is 9.64. The topological polar surface area (TPSA) is 12.0 Å². The molecule has 2 fully saturated rings. The molecule has 1 aliphatic carbocycles. The van der Waals surface area contributed by atoms with E-state index in [2.05, 4.69) is 35.6 Å². The molecule has 0 spiro atoms. The Bertz CT molecular complexity index is 293. The number of hydrogen-bond donors (Lipinski definition) is 1. The summed E-state index contributed by atoms with van der Waals surface area (Å²) in [7, 11) is 0. The molecule has 0 bridgehead atoms. The molecular weight excluding hydrogens is 158 g/mol. The molecule has 3 atom stereocenters. The minimum Gasteiger partial charge on any atom is -0.316 e. The van der Waals surface area contributed by atoms with Crippen LogP contribution in [0.25, 0.3) is 0 Å². The quantitative estimate of drug-likeness (QED) is 0.685. The van der Waals surface area contributed by atoms with E-state index >= 15 is 0 Å². The lowest BCUT2D eigenvalue weighted by Gasteiger charge is -2.40. The molecule has 1 saturated heterocycles. The molecule has 0 radical (unpaired) electrons. The van der Waals surface area contributed by atoms with Crippen LogP contribution in [0.3, 0.4) is 0 Å². The highest BCUT2D eigenvalue weighted by molar-refractivity contribution is 5.24. The van der Waals surface area contributed by atoms with E-state index in [1.54, 1.807) is 5.56 Å². The number of benzene rings is 1. The van der Waals surface area contributed by atoms with Crippen molar-refractivity contribution in [3.8, 4) is 0 Å². The van der Waals surface area contributed by atoms with Gasteiger partial charge in [0.2, 0.25) is 0 Å². The first-order valence-corrected chi connectivity index (χ1v) is 5.21. The van der Waals surface area contributed by atoms with Gasteiger partial charge in [-0.3, -0.25) is 0 Å². The van der Waals surface area contributed by atoms with Crippen LogP contribution in [0.2, 0.25) is 0 Å². The van der Waals surface area contributed by atoms with Crippen LogP contribution in [-0.2, 0) is 0 Å². The van der Waals surface area contributed by atoms with E-state index in [1.807, 2.05) is 0 Å². The van der Waals surface area contributed by atoms with Gasteiger partial charge in [-0.15, -0.1) is 0 Å². The second-order valence-electron chi connectivity index (χ2n) is 4.34. The van der Waals surface area contributed by atoms with E-state index in [0.29, 0.717) is 0 Å². The molecule has 1 aromatic carbocycles. The molecule has 1 heterocycles. The highest BCUT2D eigenvalue weighted by Gasteiger charge is 2.44.